The van der Waals surface area contributed by atoms with Gasteiger partial charge in [0.1, 0.15) is 5.75 Å². The van der Waals surface area contributed by atoms with E-state index in [0.29, 0.717) is 17.8 Å². The Morgan fingerprint density at radius 2 is 1.48 bits per heavy atom. The van der Waals surface area contributed by atoms with Crippen LogP contribution in [-0.2, 0) is 11.2 Å². The second-order valence-electron chi connectivity index (χ2n) is 7.52. The molecule has 0 spiro atoms. The second kappa shape index (κ2) is 9.62. The number of rotatable bonds is 9. The Labute approximate surface area is 153 Å². The van der Waals surface area contributed by atoms with Crippen LogP contribution in [0.1, 0.15) is 51.2 Å². The molecule has 0 bridgehead atoms. The van der Waals surface area contributed by atoms with Crippen molar-refractivity contribution in [1.29, 1.82) is 0 Å². The Morgan fingerprint density at radius 3 is 2.00 bits per heavy atom. The molecular weight excluding hydrogens is 308 g/mol. The van der Waals surface area contributed by atoms with Crippen molar-refractivity contribution < 1.29 is 9.47 Å². The summed E-state index contributed by atoms with van der Waals surface area (Å²) in [6.45, 7) is 9.19. The molecule has 0 saturated carbocycles. The van der Waals surface area contributed by atoms with Gasteiger partial charge in [0.25, 0.3) is 0 Å². The zero-order chi connectivity index (χ0) is 18.2. The summed E-state index contributed by atoms with van der Waals surface area (Å²) in [7, 11) is 1.69. The highest BCUT2D eigenvalue weighted by Crippen LogP contribution is 2.32. The summed E-state index contributed by atoms with van der Waals surface area (Å²) in [5.41, 5.74) is 2.61. The van der Waals surface area contributed by atoms with E-state index < -0.39 is 0 Å². The monoisotopic (exact) mass is 340 g/mol. The van der Waals surface area contributed by atoms with E-state index in [4.69, 9.17) is 9.47 Å². The van der Waals surface area contributed by atoms with Gasteiger partial charge in [-0.3, -0.25) is 0 Å². The third kappa shape index (κ3) is 6.21. The molecule has 0 saturated heterocycles. The van der Waals surface area contributed by atoms with Crippen molar-refractivity contribution >= 4 is 0 Å². The van der Waals surface area contributed by atoms with Crippen LogP contribution in [-0.4, -0.2) is 13.4 Å². The molecule has 2 aromatic rings. The quantitative estimate of drug-likeness (QED) is 0.516. The van der Waals surface area contributed by atoms with Crippen LogP contribution in [0.15, 0.2) is 54.6 Å². The molecule has 0 heterocycles. The summed E-state index contributed by atoms with van der Waals surface area (Å²) in [5, 5.41) is 0. The van der Waals surface area contributed by atoms with Gasteiger partial charge >= 0.3 is 0 Å². The maximum atomic E-state index is 6.02. The lowest BCUT2D eigenvalue weighted by atomic mass is 9.82. The molecule has 0 aliphatic heterocycles. The van der Waals surface area contributed by atoms with Crippen LogP contribution in [0, 0.1) is 11.8 Å². The highest BCUT2D eigenvalue weighted by atomic mass is 16.7. The van der Waals surface area contributed by atoms with Crippen LogP contribution in [0.4, 0.5) is 0 Å². The van der Waals surface area contributed by atoms with Crippen LogP contribution < -0.4 is 4.74 Å². The lowest BCUT2D eigenvalue weighted by molar-refractivity contribution is -0.0519. The van der Waals surface area contributed by atoms with Gasteiger partial charge < -0.3 is 9.47 Å². The molecule has 2 nitrogen and oxygen atoms in total. The summed E-state index contributed by atoms with van der Waals surface area (Å²) in [4.78, 5) is 0. The molecule has 2 unspecified atom stereocenters. The van der Waals surface area contributed by atoms with Gasteiger partial charge in [-0.1, -0.05) is 70.2 Å². The fourth-order valence-corrected chi connectivity index (χ4v) is 3.23. The highest BCUT2D eigenvalue weighted by molar-refractivity contribution is 5.30. The van der Waals surface area contributed by atoms with Crippen molar-refractivity contribution in [2.45, 2.75) is 52.7 Å². The Bertz CT molecular complexity index is 602. The smallest absolute Gasteiger partial charge is 0.203 e. The number of hydrogen-bond donors (Lipinski definition) is 0. The fourth-order valence-electron chi connectivity index (χ4n) is 3.23. The first-order chi connectivity index (χ1) is 12.0. The van der Waals surface area contributed by atoms with Gasteiger partial charge in [-0.2, -0.15) is 0 Å². The molecule has 25 heavy (non-hydrogen) atoms. The largest absolute Gasteiger partial charge is 0.465 e. The molecular formula is C23H32O2. The summed E-state index contributed by atoms with van der Waals surface area (Å²) in [5.74, 6) is 2.79. The summed E-state index contributed by atoms with van der Waals surface area (Å²) >= 11 is 0. The van der Waals surface area contributed by atoms with E-state index in [1.54, 1.807) is 7.11 Å². The highest BCUT2D eigenvalue weighted by Gasteiger charge is 2.18. The molecule has 0 amide bonds. The molecule has 136 valence electrons. The van der Waals surface area contributed by atoms with Crippen LogP contribution in [0.5, 0.6) is 5.75 Å². The van der Waals surface area contributed by atoms with Gasteiger partial charge in [-0.25, -0.2) is 0 Å². The van der Waals surface area contributed by atoms with Gasteiger partial charge in [0, 0.05) is 13.5 Å². The van der Waals surface area contributed by atoms with Crippen LogP contribution in [0.2, 0.25) is 0 Å². The van der Waals surface area contributed by atoms with E-state index in [0.717, 1.165) is 12.2 Å². The Balaban J connectivity index is 2.02. The molecule has 0 radical (unpaired) electrons. The fraction of sp³-hybridized carbons (Fsp3) is 0.478. The van der Waals surface area contributed by atoms with Crippen LogP contribution >= 0.6 is 0 Å². The zero-order valence-electron chi connectivity index (χ0n) is 16.2. The van der Waals surface area contributed by atoms with Gasteiger partial charge in [-0.05, 0) is 47.4 Å². The molecule has 0 aliphatic carbocycles. The first kappa shape index (κ1) is 19.5. The Kier molecular flexibility index (Phi) is 7.52. The summed E-state index contributed by atoms with van der Waals surface area (Å²) < 4.78 is 11.5. The number of benzene rings is 2. The lowest BCUT2D eigenvalue weighted by Gasteiger charge is -2.24. The van der Waals surface area contributed by atoms with Crippen molar-refractivity contribution in [1.82, 2.24) is 0 Å². The molecule has 0 N–H and O–H groups in total. The van der Waals surface area contributed by atoms with E-state index in [-0.39, 0.29) is 6.29 Å². The molecule has 0 aromatic heterocycles. The first-order valence-electron chi connectivity index (χ1n) is 9.33. The van der Waals surface area contributed by atoms with Crippen LogP contribution in [0.25, 0.3) is 0 Å². The van der Waals surface area contributed by atoms with Crippen molar-refractivity contribution in [3.8, 4) is 5.75 Å². The minimum absolute atomic E-state index is 0.273. The summed E-state index contributed by atoms with van der Waals surface area (Å²) in [6.07, 6.45) is 1.68. The normalized spacial score (nSPS) is 13.9. The van der Waals surface area contributed by atoms with Crippen molar-refractivity contribution in [3.63, 3.8) is 0 Å². The molecule has 2 aromatic carbocycles. The van der Waals surface area contributed by atoms with E-state index >= 15 is 0 Å². The van der Waals surface area contributed by atoms with E-state index in [1.165, 1.54) is 17.5 Å². The Morgan fingerprint density at radius 1 is 0.840 bits per heavy atom. The zero-order valence-corrected chi connectivity index (χ0v) is 16.2. The third-order valence-corrected chi connectivity index (χ3v) is 4.61. The van der Waals surface area contributed by atoms with Gasteiger partial charge in [0.15, 0.2) is 0 Å². The number of methoxy groups -OCH3 is 1. The number of hydrogen-bond acceptors (Lipinski definition) is 2. The molecule has 2 rings (SSSR count). The standard InChI is InChI=1S/C23H32O2/c1-17(2)15-22(18(3)4)20-11-13-21(14-12-20)25-23(24-5)16-19-9-7-6-8-10-19/h6-14,17-18,22-23H,15-16H2,1-5H3. The van der Waals surface area contributed by atoms with E-state index in [9.17, 15) is 0 Å². The van der Waals surface area contributed by atoms with Gasteiger partial charge in [0.05, 0.1) is 0 Å². The van der Waals surface area contributed by atoms with E-state index in [1.807, 2.05) is 18.2 Å². The third-order valence-electron chi connectivity index (χ3n) is 4.61. The molecule has 0 aliphatic rings. The molecule has 2 heteroatoms. The minimum atomic E-state index is -0.273. The second-order valence-corrected chi connectivity index (χ2v) is 7.52. The van der Waals surface area contributed by atoms with E-state index in [2.05, 4.69) is 64.1 Å². The molecule has 0 fully saturated rings. The van der Waals surface area contributed by atoms with Gasteiger partial charge in [0.2, 0.25) is 6.29 Å². The topological polar surface area (TPSA) is 18.5 Å². The summed E-state index contributed by atoms with van der Waals surface area (Å²) in [6, 6.07) is 18.8. The van der Waals surface area contributed by atoms with Crippen molar-refractivity contribution in [3.05, 3.63) is 65.7 Å². The average molecular weight is 341 g/mol. The van der Waals surface area contributed by atoms with Crippen molar-refractivity contribution in [2.75, 3.05) is 7.11 Å². The van der Waals surface area contributed by atoms with Crippen molar-refractivity contribution in [2.24, 2.45) is 11.8 Å². The average Bonchev–Trinajstić information content (AvgIpc) is 2.60. The maximum Gasteiger partial charge on any atom is 0.203 e. The first-order valence-corrected chi connectivity index (χ1v) is 9.33. The number of ether oxygens (including phenoxy) is 2. The predicted molar refractivity (Wildman–Crippen MR) is 105 cm³/mol. The predicted octanol–water partition coefficient (Wildman–Crippen LogP) is 6.07. The van der Waals surface area contributed by atoms with Crippen LogP contribution in [0.3, 0.4) is 0 Å². The maximum absolute atomic E-state index is 6.02. The Hall–Kier alpha value is -1.80. The minimum Gasteiger partial charge on any atom is -0.465 e. The SMILES string of the molecule is COC(Cc1ccccc1)Oc1ccc(C(CC(C)C)C(C)C)cc1. The molecule has 2 atom stereocenters. The lowest BCUT2D eigenvalue weighted by Crippen LogP contribution is -2.21. The van der Waals surface area contributed by atoms with Gasteiger partial charge in [-0.15, -0.1) is 0 Å².